The van der Waals surface area contributed by atoms with E-state index in [2.05, 4.69) is 27.7 Å². The SMILES string of the molecule is CCCCC1CC(CC)C(CC)CC1C. The van der Waals surface area contributed by atoms with E-state index in [9.17, 15) is 0 Å². The molecule has 0 N–H and O–H groups in total. The van der Waals surface area contributed by atoms with Crippen molar-refractivity contribution in [3.05, 3.63) is 0 Å². The van der Waals surface area contributed by atoms with Crippen LogP contribution in [-0.2, 0) is 0 Å². The highest BCUT2D eigenvalue weighted by molar-refractivity contribution is 4.82. The summed E-state index contributed by atoms with van der Waals surface area (Å²) >= 11 is 0. The van der Waals surface area contributed by atoms with Crippen molar-refractivity contribution < 1.29 is 0 Å². The quantitative estimate of drug-likeness (QED) is 0.579. The molecule has 4 unspecified atom stereocenters. The lowest BCUT2D eigenvalue weighted by Crippen LogP contribution is -2.30. The molecule has 1 aliphatic carbocycles. The second kappa shape index (κ2) is 6.55. The molecule has 0 aliphatic heterocycles. The van der Waals surface area contributed by atoms with E-state index in [-0.39, 0.29) is 0 Å². The van der Waals surface area contributed by atoms with Crippen LogP contribution in [0.5, 0.6) is 0 Å². The van der Waals surface area contributed by atoms with Crippen molar-refractivity contribution in [1.82, 2.24) is 0 Å². The van der Waals surface area contributed by atoms with Gasteiger partial charge in [0.05, 0.1) is 0 Å². The summed E-state index contributed by atoms with van der Waals surface area (Å²) in [5, 5.41) is 0. The van der Waals surface area contributed by atoms with Crippen LogP contribution in [0.4, 0.5) is 0 Å². The number of hydrogen-bond donors (Lipinski definition) is 0. The number of unbranched alkanes of at least 4 members (excludes halogenated alkanes) is 1. The van der Waals surface area contributed by atoms with E-state index in [1.165, 1.54) is 44.9 Å². The average molecular weight is 210 g/mol. The topological polar surface area (TPSA) is 0 Å². The molecule has 0 aromatic heterocycles. The first-order chi connectivity index (χ1) is 7.22. The summed E-state index contributed by atoms with van der Waals surface area (Å²) in [5.41, 5.74) is 0. The molecule has 0 heterocycles. The highest BCUT2D eigenvalue weighted by Crippen LogP contribution is 2.42. The molecule has 0 spiro atoms. The molecule has 1 rings (SSSR count). The van der Waals surface area contributed by atoms with Gasteiger partial charge in [0.1, 0.15) is 0 Å². The van der Waals surface area contributed by atoms with Crippen LogP contribution in [-0.4, -0.2) is 0 Å². The van der Waals surface area contributed by atoms with E-state index in [1.807, 2.05) is 0 Å². The van der Waals surface area contributed by atoms with Gasteiger partial charge in [-0.3, -0.25) is 0 Å². The van der Waals surface area contributed by atoms with Gasteiger partial charge >= 0.3 is 0 Å². The van der Waals surface area contributed by atoms with Gasteiger partial charge < -0.3 is 0 Å². The first kappa shape index (κ1) is 13.1. The van der Waals surface area contributed by atoms with Crippen LogP contribution >= 0.6 is 0 Å². The Labute approximate surface area is 96.8 Å². The second-order valence-corrected chi connectivity index (χ2v) is 5.69. The molecule has 0 bridgehead atoms. The van der Waals surface area contributed by atoms with Crippen LogP contribution in [0.2, 0.25) is 0 Å². The predicted octanol–water partition coefficient (Wildman–Crippen LogP) is 5.28. The number of hydrogen-bond acceptors (Lipinski definition) is 0. The molecule has 0 aromatic carbocycles. The van der Waals surface area contributed by atoms with Gasteiger partial charge in [-0.15, -0.1) is 0 Å². The normalized spacial score (nSPS) is 36.8. The van der Waals surface area contributed by atoms with E-state index in [0.717, 1.165) is 23.7 Å². The number of rotatable bonds is 5. The predicted molar refractivity (Wildman–Crippen MR) is 69.0 cm³/mol. The third-order valence-corrected chi connectivity index (χ3v) is 4.73. The summed E-state index contributed by atoms with van der Waals surface area (Å²) < 4.78 is 0. The van der Waals surface area contributed by atoms with Gasteiger partial charge in [-0.1, -0.05) is 59.8 Å². The lowest BCUT2D eigenvalue weighted by molar-refractivity contribution is 0.108. The monoisotopic (exact) mass is 210 g/mol. The van der Waals surface area contributed by atoms with Gasteiger partial charge in [0.25, 0.3) is 0 Å². The summed E-state index contributed by atoms with van der Waals surface area (Å²) in [4.78, 5) is 0. The van der Waals surface area contributed by atoms with E-state index < -0.39 is 0 Å². The van der Waals surface area contributed by atoms with Gasteiger partial charge in [-0.2, -0.15) is 0 Å². The van der Waals surface area contributed by atoms with Gasteiger partial charge in [0.2, 0.25) is 0 Å². The molecule has 1 saturated carbocycles. The molecule has 0 nitrogen and oxygen atoms in total. The Hall–Kier alpha value is 0. The van der Waals surface area contributed by atoms with Gasteiger partial charge in [-0.25, -0.2) is 0 Å². The molecule has 0 saturated heterocycles. The Bertz CT molecular complexity index is 161. The Morgan fingerprint density at radius 2 is 1.47 bits per heavy atom. The lowest BCUT2D eigenvalue weighted by Gasteiger charge is -2.40. The van der Waals surface area contributed by atoms with Crippen molar-refractivity contribution in [3.8, 4) is 0 Å². The molecular formula is C15H30. The van der Waals surface area contributed by atoms with E-state index in [1.54, 1.807) is 0 Å². The van der Waals surface area contributed by atoms with E-state index >= 15 is 0 Å². The van der Waals surface area contributed by atoms with Crippen molar-refractivity contribution in [3.63, 3.8) is 0 Å². The summed E-state index contributed by atoms with van der Waals surface area (Å²) in [7, 11) is 0. The molecule has 0 aromatic rings. The largest absolute Gasteiger partial charge is 0.0654 e. The fraction of sp³-hybridized carbons (Fsp3) is 1.00. The molecule has 1 aliphatic rings. The van der Waals surface area contributed by atoms with Gasteiger partial charge in [-0.05, 0) is 36.5 Å². The zero-order valence-electron chi connectivity index (χ0n) is 11.3. The Morgan fingerprint density at radius 1 is 0.867 bits per heavy atom. The second-order valence-electron chi connectivity index (χ2n) is 5.69. The molecule has 0 heteroatoms. The van der Waals surface area contributed by atoms with Crippen LogP contribution in [0.15, 0.2) is 0 Å². The van der Waals surface area contributed by atoms with Crippen LogP contribution in [0.3, 0.4) is 0 Å². The van der Waals surface area contributed by atoms with Gasteiger partial charge in [0, 0.05) is 0 Å². The van der Waals surface area contributed by atoms with Crippen LogP contribution in [0.1, 0.15) is 72.6 Å². The summed E-state index contributed by atoms with van der Waals surface area (Å²) in [6, 6.07) is 0. The van der Waals surface area contributed by atoms with Crippen molar-refractivity contribution >= 4 is 0 Å². The first-order valence-corrected chi connectivity index (χ1v) is 7.22. The third-order valence-electron chi connectivity index (χ3n) is 4.73. The van der Waals surface area contributed by atoms with Crippen LogP contribution in [0, 0.1) is 23.7 Å². The molecular weight excluding hydrogens is 180 g/mol. The molecule has 15 heavy (non-hydrogen) atoms. The highest BCUT2D eigenvalue weighted by Gasteiger charge is 2.32. The first-order valence-electron chi connectivity index (χ1n) is 7.22. The summed E-state index contributed by atoms with van der Waals surface area (Å²) in [6.07, 6.45) is 10.2. The zero-order chi connectivity index (χ0) is 11.3. The molecule has 0 radical (unpaired) electrons. The van der Waals surface area contributed by atoms with Gasteiger partial charge in [0.15, 0.2) is 0 Å². The molecule has 0 amide bonds. The van der Waals surface area contributed by atoms with Crippen molar-refractivity contribution in [2.24, 2.45) is 23.7 Å². The minimum absolute atomic E-state index is 0.990. The van der Waals surface area contributed by atoms with E-state index in [4.69, 9.17) is 0 Å². The zero-order valence-corrected chi connectivity index (χ0v) is 11.3. The lowest BCUT2D eigenvalue weighted by atomic mass is 9.66. The minimum atomic E-state index is 0.990. The highest BCUT2D eigenvalue weighted by atomic mass is 14.4. The summed E-state index contributed by atoms with van der Waals surface area (Å²) in [5.74, 6) is 4.10. The molecule has 1 fully saturated rings. The van der Waals surface area contributed by atoms with Crippen LogP contribution < -0.4 is 0 Å². The van der Waals surface area contributed by atoms with E-state index in [0.29, 0.717) is 0 Å². The minimum Gasteiger partial charge on any atom is -0.0654 e. The Balaban J connectivity index is 2.47. The fourth-order valence-electron chi connectivity index (χ4n) is 3.54. The van der Waals surface area contributed by atoms with Crippen molar-refractivity contribution in [2.75, 3.05) is 0 Å². The van der Waals surface area contributed by atoms with Crippen LogP contribution in [0.25, 0.3) is 0 Å². The maximum atomic E-state index is 2.49. The summed E-state index contributed by atoms with van der Waals surface area (Å²) in [6.45, 7) is 9.58. The average Bonchev–Trinajstić information content (AvgIpc) is 2.27. The maximum Gasteiger partial charge on any atom is -0.0386 e. The Morgan fingerprint density at radius 3 is 2.00 bits per heavy atom. The molecule has 4 atom stereocenters. The third kappa shape index (κ3) is 3.50. The van der Waals surface area contributed by atoms with Crippen molar-refractivity contribution in [1.29, 1.82) is 0 Å². The fourth-order valence-corrected chi connectivity index (χ4v) is 3.54. The van der Waals surface area contributed by atoms with Crippen molar-refractivity contribution in [2.45, 2.75) is 72.6 Å². The smallest absolute Gasteiger partial charge is 0.0386 e. The maximum absolute atomic E-state index is 2.49. The molecule has 90 valence electrons. The standard InChI is InChI=1S/C15H30/c1-5-8-9-15-11-14(7-3)13(6-2)10-12(15)4/h12-15H,5-11H2,1-4H3. The Kier molecular flexibility index (Phi) is 5.71.